The van der Waals surface area contributed by atoms with E-state index in [-0.39, 0.29) is 22.3 Å². The highest BCUT2D eigenvalue weighted by molar-refractivity contribution is 7.74. The van der Waals surface area contributed by atoms with Crippen molar-refractivity contribution in [2.75, 3.05) is 11.6 Å². The van der Waals surface area contributed by atoms with Gasteiger partial charge >= 0.3 is 11.4 Å². The van der Waals surface area contributed by atoms with Gasteiger partial charge in [0.15, 0.2) is 0 Å². The summed E-state index contributed by atoms with van der Waals surface area (Å²) in [5.74, 6) is 0.472. The molecule has 2 aromatic rings. The Morgan fingerprint density at radius 3 is 2.35 bits per heavy atom. The number of aromatic nitrogens is 3. The van der Waals surface area contributed by atoms with Crippen molar-refractivity contribution in [3.05, 3.63) is 34.8 Å². The zero-order chi connectivity index (χ0) is 16.8. The first-order valence-corrected chi connectivity index (χ1v) is 8.28. The molecule has 2 rings (SSSR count). The largest absolute Gasteiger partial charge is 0.380 e. The van der Waals surface area contributed by atoms with Gasteiger partial charge in [-0.3, -0.25) is 4.55 Å². The highest BCUT2D eigenvalue weighted by Crippen LogP contribution is 2.24. The SMILES string of the molecule is CCCNN(c1ccc(OS(=O)O)cc1)c1nc(Cl)nc(Cl)n1. The molecule has 1 aromatic heterocycles. The summed E-state index contributed by atoms with van der Waals surface area (Å²) in [5.41, 5.74) is 3.79. The topological polar surface area (TPSA) is 100 Å². The predicted molar refractivity (Wildman–Crippen MR) is 88.1 cm³/mol. The van der Waals surface area contributed by atoms with Crippen LogP contribution in [0.3, 0.4) is 0 Å². The number of halogens is 2. The molecule has 1 heterocycles. The van der Waals surface area contributed by atoms with Gasteiger partial charge in [0.2, 0.25) is 16.5 Å². The lowest BCUT2D eigenvalue weighted by Gasteiger charge is -2.23. The van der Waals surface area contributed by atoms with Crippen LogP contribution in [-0.4, -0.2) is 30.3 Å². The molecule has 1 atom stereocenters. The highest BCUT2D eigenvalue weighted by Gasteiger charge is 2.15. The number of hydrogen-bond acceptors (Lipinski definition) is 7. The average Bonchev–Trinajstić information content (AvgIpc) is 2.48. The second-order valence-electron chi connectivity index (χ2n) is 4.21. The number of anilines is 2. The average molecular weight is 378 g/mol. The lowest BCUT2D eigenvalue weighted by Crippen LogP contribution is -2.35. The van der Waals surface area contributed by atoms with E-state index < -0.39 is 11.4 Å². The molecule has 0 aliphatic carbocycles. The molecule has 0 spiro atoms. The first-order chi connectivity index (χ1) is 11.0. The van der Waals surface area contributed by atoms with E-state index in [1.54, 1.807) is 17.1 Å². The van der Waals surface area contributed by atoms with Crippen molar-refractivity contribution in [1.29, 1.82) is 0 Å². The Balaban J connectivity index is 2.32. The Bertz CT molecular complexity index is 669. The third-order valence-corrected chi connectivity index (χ3v) is 3.22. The van der Waals surface area contributed by atoms with Gasteiger partial charge in [0, 0.05) is 6.54 Å². The summed E-state index contributed by atoms with van der Waals surface area (Å²) in [5, 5.41) is 1.53. The van der Waals surface area contributed by atoms with E-state index >= 15 is 0 Å². The van der Waals surface area contributed by atoms with Crippen molar-refractivity contribution in [2.45, 2.75) is 13.3 Å². The zero-order valence-electron chi connectivity index (χ0n) is 11.9. The minimum atomic E-state index is -2.38. The molecule has 0 saturated carbocycles. The molecule has 8 nitrogen and oxygen atoms in total. The molecule has 124 valence electrons. The third-order valence-electron chi connectivity index (χ3n) is 2.55. The monoisotopic (exact) mass is 377 g/mol. The smallest absolute Gasteiger partial charge is 0.357 e. The van der Waals surface area contributed by atoms with Crippen LogP contribution in [0.1, 0.15) is 13.3 Å². The molecule has 11 heteroatoms. The lowest BCUT2D eigenvalue weighted by atomic mass is 10.3. The molecule has 0 amide bonds. The van der Waals surface area contributed by atoms with Crippen LogP contribution in [-0.2, 0) is 11.4 Å². The molecule has 2 N–H and O–H groups in total. The van der Waals surface area contributed by atoms with Gasteiger partial charge in [-0.25, -0.2) is 10.4 Å². The molecule has 0 radical (unpaired) electrons. The molecule has 1 unspecified atom stereocenters. The second kappa shape index (κ2) is 8.37. The van der Waals surface area contributed by atoms with Gasteiger partial charge in [-0.15, -0.1) is 0 Å². The standard InChI is InChI=1S/C12H13Cl2N5O3S/c1-2-7-15-19(12-17-10(13)16-11(14)18-12)8-3-5-9(6-4-8)22-23(20)21/h3-6,15H,2,7H2,1H3,(H,20,21). The van der Waals surface area contributed by atoms with Crippen LogP contribution < -0.4 is 14.6 Å². The van der Waals surface area contributed by atoms with E-state index in [0.29, 0.717) is 12.2 Å². The first-order valence-electron chi connectivity index (χ1n) is 6.49. The summed E-state index contributed by atoms with van der Waals surface area (Å²) in [6.45, 7) is 2.66. The van der Waals surface area contributed by atoms with Crippen molar-refractivity contribution >= 4 is 46.2 Å². The Kier molecular flexibility index (Phi) is 6.48. The van der Waals surface area contributed by atoms with Crippen molar-refractivity contribution in [3.63, 3.8) is 0 Å². The van der Waals surface area contributed by atoms with Gasteiger partial charge < -0.3 is 4.18 Å². The summed E-state index contributed by atoms with van der Waals surface area (Å²) < 4.78 is 24.0. The van der Waals surface area contributed by atoms with E-state index in [1.807, 2.05) is 6.92 Å². The van der Waals surface area contributed by atoms with E-state index in [9.17, 15) is 4.21 Å². The van der Waals surface area contributed by atoms with Crippen LogP contribution in [0, 0.1) is 0 Å². The molecule has 0 fully saturated rings. The summed E-state index contributed by atoms with van der Waals surface area (Å²) in [4.78, 5) is 11.8. The Labute approximate surface area is 145 Å². The number of nitrogens with one attached hydrogen (secondary N) is 1. The molecule has 0 aliphatic heterocycles. The maximum Gasteiger partial charge on any atom is 0.357 e. The van der Waals surface area contributed by atoms with Crippen LogP contribution in [0.5, 0.6) is 5.75 Å². The van der Waals surface area contributed by atoms with Gasteiger partial charge in [-0.1, -0.05) is 6.92 Å². The lowest BCUT2D eigenvalue weighted by molar-refractivity contribution is 0.458. The number of rotatable bonds is 7. The molecule has 23 heavy (non-hydrogen) atoms. The fourth-order valence-corrected chi connectivity index (χ4v) is 2.28. The zero-order valence-corrected chi connectivity index (χ0v) is 14.3. The quantitative estimate of drug-likeness (QED) is 0.560. The summed E-state index contributed by atoms with van der Waals surface area (Å²) in [7, 11) is 0. The summed E-state index contributed by atoms with van der Waals surface area (Å²) in [6.07, 6.45) is 0.869. The number of hydrazine groups is 1. The Hall–Kier alpha value is -1.52. The summed E-state index contributed by atoms with van der Waals surface area (Å²) >= 11 is 9.25. The molecule has 0 bridgehead atoms. The fraction of sp³-hybridized carbons (Fsp3) is 0.250. The second-order valence-corrected chi connectivity index (χ2v) is 5.49. The Morgan fingerprint density at radius 2 is 1.83 bits per heavy atom. The van der Waals surface area contributed by atoms with Crippen molar-refractivity contribution in [3.8, 4) is 5.75 Å². The number of hydrogen-bond donors (Lipinski definition) is 2. The van der Waals surface area contributed by atoms with Crippen molar-refractivity contribution in [1.82, 2.24) is 20.4 Å². The van der Waals surface area contributed by atoms with Crippen LogP contribution in [0.4, 0.5) is 11.6 Å². The highest BCUT2D eigenvalue weighted by atomic mass is 35.5. The number of nitrogens with zero attached hydrogens (tertiary/aromatic N) is 4. The molecule has 1 aromatic carbocycles. The van der Waals surface area contributed by atoms with Crippen LogP contribution in [0.25, 0.3) is 0 Å². The van der Waals surface area contributed by atoms with Gasteiger partial charge in [-0.2, -0.15) is 19.2 Å². The fourth-order valence-electron chi connectivity index (χ4n) is 1.65. The van der Waals surface area contributed by atoms with E-state index in [2.05, 4.69) is 24.6 Å². The van der Waals surface area contributed by atoms with Gasteiger partial charge in [0.25, 0.3) is 0 Å². The minimum Gasteiger partial charge on any atom is -0.380 e. The van der Waals surface area contributed by atoms with E-state index in [0.717, 1.165) is 6.42 Å². The predicted octanol–water partition coefficient (Wildman–Crippen LogP) is 2.75. The number of benzene rings is 1. The normalized spacial score (nSPS) is 12.0. The first kappa shape index (κ1) is 17.8. The Morgan fingerprint density at radius 1 is 1.22 bits per heavy atom. The van der Waals surface area contributed by atoms with Gasteiger partial charge in [0.1, 0.15) is 5.75 Å². The third kappa shape index (κ3) is 5.26. The van der Waals surface area contributed by atoms with Gasteiger partial charge in [-0.05, 0) is 53.9 Å². The maximum absolute atomic E-state index is 10.6. The maximum atomic E-state index is 10.6. The molecule has 0 saturated heterocycles. The van der Waals surface area contributed by atoms with Gasteiger partial charge in [0.05, 0.1) is 5.69 Å². The van der Waals surface area contributed by atoms with E-state index in [1.165, 1.54) is 12.1 Å². The van der Waals surface area contributed by atoms with Crippen molar-refractivity contribution in [2.24, 2.45) is 0 Å². The molecular formula is C12H13Cl2N5O3S. The van der Waals surface area contributed by atoms with Crippen LogP contribution in [0.2, 0.25) is 10.6 Å². The molecule has 0 aliphatic rings. The van der Waals surface area contributed by atoms with Crippen LogP contribution >= 0.6 is 23.2 Å². The summed E-state index contributed by atoms with van der Waals surface area (Å²) in [6, 6.07) is 6.40. The van der Waals surface area contributed by atoms with Crippen LogP contribution in [0.15, 0.2) is 24.3 Å². The van der Waals surface area contributed by atoms with E-state index in [4.69, 9.17) is 27.8 Å². The van der Waals surface area contributed by atoms with Crippen molar-refractivity contribution < 1.29 is 12.9 Å². The minimum absolute atomic E-state index is 0.0288. The molecular weight excluding hydrogens is 365 g/mol.